The van der Waals surface area contributed by atoms with Gasteiger partial charge >= 0.3 is 5.97 Å². The number of hydrogen-bond acceptors (Lipinski definition) is 4. The monoisotopic (exact) mass is 231 g/mol. The first-order chi connectivity index (χ1) is 7.11. The fourth-order valence-electron chi connectivity index (χ4n) is 1.14. The molecular weight excluding hydrogens is 210 g/mol. The predicted octanol–water partition coefficient (Wildman–Crippen LogP) is 1.69. The highest BCUT2D eigenvalue weighted by molar-refractivity contribution is 7.98. The van der Waals surface area contributed by atoms with Crippen LogP contribution in [0.2, 0.25) is 0 Å². The summed E-state index contributed by atoms with van der Waals surface area (Å²) < 4.78 is 4.59. The number of methoxy groups -OCH3 is 1. The molecule has 0 bridgehead atoms. The molecule has 0 aromatic carbocycles. The van der Waals surface area contributed by atoms with Crippen molar-refractivity contribution in [2.45, 2.75) is 13.8 Å². The maximum Gasteiger partial charge on any atom is 0.333 e. The Hall–Kier alpha value is -0.480. The Balaban J connectivity index is 3.64. The van der Waals surface area contributed by atoms with E-state index in [0.717, 1.165) is 18.8 Å². The molecule has 0 fully saturated rings. The van der Waals surface area contributed by atoms with E-state index in [0.29, 0.717) is 11.5 Å². The summed E-state index contributed by atoms with van der Waals surface area (Å²) in [5.41, 5.74) is 0.655. The molecule has 1 N–H and O–H groups in total. The molecule has 1 atom stereocenters. The van der Waals surface area contributed by atoms with Gasteiger partial charge < -0.3 is 10.1 Å². The summed E-state index contributed by atoms with van der Waals surface area (Å²) in [6.07, 6.45) is 3.97. The molecule has 0 saturated heterocycles. The van der Waals surface area contributed by atoms with Gasteiger partial charge in [0.1, 0.15) is 0 Å². The first kappa shape index (κ1) is 14.5. The van der Waals surface area contributed by atoms with Crippen molar-refractivity contribution < 1.29 is 9.53 Å². The third-order valence-electron chi connectivity index (χ3n) is 2.00. The molecule has 1 unspecified atom stereocenters. The van der Waals surface area contributed by atoms with Crippen LogP contribution in [0.4, 0.5) is 0 Å². The van der Waals surface area contributed by atoms with Gasteiger partial charge in [-0.3, -0.25) is 0 Å². The number of hydrogen-bond donors (Lipinski definition) is 1. The number of carbonyl (C=O) groups is 1. The average Bonchev–Trinajstić information content (AvgIpc) is 2.23. The van der Waals surface area contributed by atoms with E-state index in [1.54, 1.807) is 6.92 Å². The van der Waals surface area contributed by atoms with Gasteiger partial charge in [0.25, 0.3) is 0 Å². The molecule has 0 saturated carbocycles. The average molecular weight is 231 g/mol. The van der Waals surface area contributed by atoms with Crippen molar-refractivity contribution in [3.63, 3.8) is 0 Å². The zero-order valence-corrected chi connectivity index (χ0v) is 10.8. The summed E-state index contributed by atoms with van der Waals surface area (Å²) in [6.45, 7) is 5.67. The summed E-state index contributed by atoms with van der Waals surface area (Å²) in [5.74, 6) is 1.56. The van der Waals surface area contributed by atoms with Crippen LogP contribution in [0.15, 0.2) is 11.6 Å². The van der Waals surface area contributed by atoms with Crippen molar-refractivity contribution >= 4 is 17.7 Å². The third kappa shape index (κ3) is 7.45. The molecule has 0 heterocycles. The van der Waals surface area contributed by atoms with Gasteiger partial charge in [0.2, 0.25) is 0 Å². The van der Waals surface area contributed by atoms with E-state index in [-0.39, 0.29) is 5.97 Å². The minimum atomic E-state index is -0.256. The van der Waals surface area contributed by atoms with Crippen molar-refractivity contribution in [3.8, 4) is 0 Å². The van der Waals surface area contributed by atoms with E-state index < -0.39 is 0 Å². The van der Waals surface area contributed by atoms with E-state index in [4.69, 9.17) is 0 Å². The van der Waals surface area contributed by atoms with Crippen molar-refractivity contribution in [1.82, 2.24) is 5.32 Å². The highest BCUT2D eigenvalue weighted by atomic mass is 32.2. The standard InChI is InChI=1S/C11H21NO2S/c1-9(8-15-4)7-12-6-5-10(2)11(13)14-3/h5,9,12H,6-8H2,1-4H3. The number of nitrogens with one attached hydrogen (secondary N) is 1. The zero-order valence-electron chi connectivity index (χ0n) is 10.0. The Morgan fingerprint density at radius 1 is 1.60 bits per heavy atom. The van der Waals surface area contributed by atoms with Crippen LogP contribution < -0.4 is 5.32 Å². The van der Waals surface area contributed by atoms with Crippen molar-refractivity contribution in [2.24, 2.45) is 5.92 Å². The first-order valence-corrected chi connectivity index (χ1v) is 6.46. The van der Waals surface area contributed by atoms with Gasteiger partial charge in [0.05, 0.1) is 7.11 Å². The van der Waals surface area contributed by atoms with Gasteiger partial charge in [-0.25, -0.2) is 4.79 Å². The summed E-state index contributed by atoms with van der Waals surface area (Å²) >= 11 is 1.85. The fourth-order valence-corrected chi connectivity index (χ4v) is 1.83. The number of rotatable bonds is 7. The SMILES string of the molecule is COC(=O)C(C)=CCNCC(C)CSC. The Labute approximate surface area is 96.6 Å². The van der Waals surface area contributed by atoms with Crippen molar-refractivity contribution in [2.75, 3.05) is 32.2 Å². The molecule has 0 aliphatic heterocycles. The van der Waals surface area contributed by atoms with Crippen LogP contribution in [0, 0.1) is 5.92 Å². The first-order valence-electron chi connectivity index (χ1n) is 5.06. The maximum atomic E-state index is 11.0. The highest BCUT2D eigenvalue weighted by Gasteiger charge is 2.02. The molecule has 88 valence electrons. The zero-order chi connectivity index (χ0) is 11.7. The van der Waals surface area contributed by atoms with Gasteiger partial charge in [-0.15, -0.1) is 0 Å². The van der Waals surface area contributed by atoms with Gasteiger partial charge in [-0.2, -0.15) is 11.8 Å². The summed E-state index contributed by atoms with van der Waals surface area (Å²) in [6, 6.07) is 0. The number of carbonyl (C=O) groups excluding carboxylic acids is 1. The molecule has 0 rings (SSSR count). The van der Waals surface area contributed by atoms with Crippen LogP contribution in [0.1, 0.15) is 13.8 Å². The lowest BCUT2D eigenvalue weighted by molar-refractivity contribution is -0.136. The van der Waals surface area contributed by atoms with E-state index >= 15 is 0 Å². The second-order valence-corrected chi connectivity index (χ2v) is 4.51. The molecule has 0 radical (unpaired) electrons. The maximum absolute atomic E-state index is 11.0. The number of esters is 1. The summed E-state index contributed by atoms with van der Waals surface area (Å²) in [7, 11) is 1.40. The van der Waals surface area contributed by atoms with Gasteiger partial charge in [-0.1, -0.05) is 13.0 Å². The molecular formula is C11H21NO2S. The number of thioether (sulfide) groups is 1. The second kappa shape index (κ2) is 8.80. The Bertz CT molecular complexity index is 217. The Morgan fingerprint density at radius 3 is 2.80 bits per heavy atom. The molecule has 0 aliphatic carbocycles. The molecule has 15 heavy (non-hydrogen) atoms. The topological polar surface area (TPSA) is 38.3 Å². The molecule has 4 heteroatoms. The smallest absolute Gasteiger partial charge is 0.333 e. The van der Waals surface area contributed by atoms with E-state index in [1.807, 2.05) is 17.8 Å². The van der Waals surface area contributed by atoms with Crippen LogP contribution in [-0.2, 0) is 9.53 Å². The minimum absolute atomic E-state index is 0.256. The number of ether oxygens (including phenoxy) is 1. The van der Waals surface area contributed by atoms with Crippen LogP contribution in [0.5, 0.6) is 0 Å². The minimum Gasteiger partial charge on any atom is -0.466 e. The largest absolute Gasteiger partial charge is 0.466 e. The van der Waals surface area contributed by atoms with Gasteiger partial charge in [0, 0.05) is 12.1 Å². The molecule has 0 aliphatic rings. The third-order valence-corrected chi connectivity index (χ3v) is 2.91. The summed E-state index contributed by atoms with van der Waals surface area (Å²) in [5, 5.41) is 3.28. The van der Waals surface area contributed by atoms with Gasteiger partial charge in [0.15, 0.2) is 0 Å². The predicted molar refractivity (Wildman–Crippen MR) is 66.2 cm³/mol. The van der Waals surface area contributed by atoms with Crippen LogP contribution in [-0.4, -0.2) is 38.2 Å². The van der Waals surface area contributed by atoms with Crippen molar-refractivity contribution in [1.29, 1.82) is 0 Å². The van der Waals surface area contributed by atoms with Crippen molar-refractivity contribution in [3.05, 3.63) is 11.6 Å². The van der Waals surface area contributed by atoms with Crippen LogP contribution in [0.25, 0.3) is 0 Å². The lowest BCUT2D eigenvalue weighted by Gasteiger charge is -2.09. The highest BCUT2D eigenvalue weighted by Crippen LogP contribution is 2.02. The molecule has 0 spiro atoms. The van der Waals surface area contributed by atoms with E-state index in [1.165, 1.54) is 7.11 Å². The van der Waals surface area contributed by atoms with Crippen LogP contribution in [0.3, 0.4) is 0 Å². The Kier molecular flexibility index (Phi) is 8.52. The second-order valence-electron chi connectivity index (χ2n) is 3.60. The van der Waals surface area contributed by atoms with Crippen LogP contribution >= 0.6 is 11.8 Å². The quantitative estimate of drug-likeness (QED) is 0.411. The van der Waals surface area contributed by atoms with E-state index in [9.17, 15) is 4.79 Å². The molecule has 0 amide bonds. The lowest BCUT2D eigenvalue weighted by atomic mass is 10.2. The fraction of sp³-hybridized carbons (Fsp3) is 0.727. The van der Waals surface area contributed by atoms with Gasteiger partial charge in [-0.05, 0) is 31.4 Å². The van der Waals surface area contributed by atoms with E-state index in [2.05, 4.69) is 23.2 Å². The molecule has 0 aromatic heterocycles. The molecule has 3 nitrogen and oxygen atoms in total. The lowest BCUT2D eigenvalue weighted by Crippen LogP contribution is -2.23. The molecule has 0 aromatic rings. The summed E-state index contributed by atoms with van der Waals surface area (Å²) in [4.78, 5) is 11.0. The normalized spacial score (nSPS) is 13.7. The Morgan fingerprint density at radius 2 is 2.27 bits per heavy atom.